The summed E-state index contributed by atoms with van der Waals surface area (Å²) in [5.41, 5.74) is 0.805. The van der Waals surface area contributed by atoms with Gasteiger partial charge in [0.2, 0.25) is 0 Å². The van der Waals surface area contributed by atoms with Crippen LogP contribution in [0.2, 0.25) is 0 Å². The maximum Gasteiger partial charge on any atom is 0.266 e. The Bertz CT molecular complexity index is 542. The Hall–Kier alpha value is -1.73. The van der Waals surface area contributed by atoms with Crippen LogP contribution in [0.4, 0.5) is 0 Å². The number of carbonyl (C=O) groups is 2. The van der Waals surface area contributed by atoms with Gasteiger partial charge in [-0.15, -0.1) is 0 Å². The Morgan fingerprint density at radius 1 is 1.50 bits per heavy atom. The number of pyridine rings is 1. The second kappa shape index (κ2) is 5.28. The maximum atomic E-state index is 11.9. The highest BCUT2D eigenvalue weighted by Crippen LogP contribution is 2.31. The first kappa shape index (κ1) is 12.7. The van der Waals surface area contributed by atoms with Gasteiger partial charge in [0, 0.05) is 12.4 Å². The lowest BCUT2D eigenvalue weighted by Gasteiger charge is -2.14. The van der Waals surface area contributed by atoms with Gasteiger partial charge in [0.25, 0.3) is 5.91 Å². The maximum absolute atomic E-state index is 11.9. The topological polar surface area (TPSA) is 73.3 Å². The number of thioether (sulfide) groups is 1. The average molecular weight is 279 g/mol. The van der Waals surface area contributed by atoms with Gasteiger partial charge in [-0.25, -0.2) is 0 Å². The van der Waals surface area contributed by atoms with Crippen LogP contribution in [0.15, 0.2) is 29.4 Å². The number of nitrogens with zero attached hydrogens (tertiary/aromatic N) is 2. The van der Waals surface area contributed by atoms with Crippen molar-refractivity contribution in [1.29, 1.82) is 0 Å². The minimum absolute atomic E-state index is 0.226. The van der Waals surface area contributed by atoms with Gasteiger partial charge in [-0.2, -0.15) is 0 Å². The third-order valence-electron chi connectivity index (χ3n) is 2.16. The zero-order chi connectivity index (χ0) is 13.1. The van der Waals surface area contributed by atoms with Gasteiger partial charge < -0.3 is 9.90 Å². The molecule has 18 heavy (non-hydrogen) atoms. The molecule has 0 saturated carbocycles. The van der Waals surface area contributed by atoms with Crippen LogP contribution in [0.1, 0.15) is 5.56 Å². The van der Waals surface area contributed by atoms with E-state index in [4.69, 9.17) is 12.2 Å². The summed E-state index contributed by atoms with van der Waals surface area (Å²) in [6.45, 7) is -0.516. The van der Waals surface area contributed by atoms with Crippen molar-refractivity contribution in [2.75, 3.05) is 6.54 Å². The molecule has 0 aromatic carbocycles. The number of aliphatic carboxylic acids is 1. The van der Waals surface area contributed by atoms with E-state index >= 15 is 0 Å². The van der Waals surface area contributed by atoms with E-state index in [1.165, 1.54) is 0 Å². The average Bonchev–Trinajstić information content (AvgIpc) is 2.58. The monoisotopic (exact) mass is 279 g/mol. The highest BCUT2D eigenvalue weighted by Gasteiger charge is 2.31. The summed E-state index contributed by atoms with van der Waals surface area (Å²) in [4.78, 5) is 27.7. The van der Waals surface area contributed by atoms with E-state index in [1.807, 2.05) is 0 Å². The van der Waals surface area contributed by atoms with Gasteiger partial charge in [-0.3, -0.25) is 14.7 Å². The molecule has 1 aromatic rings. The molecule has 0 N–H and O–H groups in total. The molecule has 0 bridgehead atoms. The van der Waals surface area contributed by atoms with Crippen molar-refractivity contribution in [3.05, 3.63) is 35.0 Å². The van der Waals surface area contributed by atoms with Crippen molar-refractivity contribution in [2.45, 2.75) is 0 Å². The molecule has 1 aliphatic rings. The number of amides is 1. The number of hydrogen-bond acceptors (Lipinski definition) is 6. The van der Waals surface area contributed by atoms with Gasteiger partial charge in [0.1, 0.15) is 4.32 Å². The second-order valence-electron chi connectivity index (χ2n) is 3.42. The quantitative estimate of drug-likeness (QED) is 0.574. The molecule has 2 rings (SSSR count). The summed E-state index contributed by atoms with van der Waals surface area (Å²) < 4.78 is 0.226. The van der Waals surface area contributed by atoms with Gasteiger partial charge in [-0.1, -0.05) is 24.0 Å². The van der Waals surface area contributed by atoms with Gasteiger partial charge >= 0.3 is 0 Å². The fraction of sp³-hybridized carbons (Fsp3) is 0.0909. The van der Waals surface area contributed by atoms with Crippen molar-refractivity contribution in [1.82, 2.24) is 9.88 Å². The van der Waals surface area contributed by atoms with E-state index in [9.17, 15) is 14.7 Å². The van der Waals surface area contributed by atoms with Crippen LogP contribution >= 0.6 is 24.0 Å². The van der Waals surface area contributed by atoms with E-state index in [-0.39, 0.29) is 4.32 Å². The zero-order valence-electron chi connectivity index (χ0n) is 9.03. The van der Waals surface area contributed by atoms with Gasteiger partial charge in [0.05, 0.1) is 17.4 Å². The first-order valence-electron chi connectivity index (χ1n) is 4.93. The van der Waals surface area contributed by atoms with Crippen LogP contribution in [0, 0.1) is 0 Å². The van der Waals surface area contributed by atoms with E-state index in [2.05, 4.69) is 4.98 Å². The zero-order valence-corrected chi connectivity index (χ0v) is 10.7. The SMILES string of the molecule is O=C([O-])CN1C(=O)C(=Cc2ccncc2)SC1=S. The molecule has 1 fully saturated rings. The molecule has 1 saturated heterocycles. The lowest BCUT2D eigenvalue weighted by atomic mass is 10.2. The normalized spacial score (nSPS) is 17.6. The number of thiocarbonyl (C=S) groups is 1. The second-order valence-corrected chi connectivity index (χ2v) is 5.10. The molecule has 0 atom stereocenters. The highest BCUT2D eigenvalue weighted by atomic mass is 32.2. The van der Waals surface area contributed by atoms with E-state index < -0.39 is 18.4 Å². The van der Waals surface area contributed by atoms with Crippen LogP contribution in [-0.4, -0.2) is 32.6 Å². The van der Waals surface area contributed by atoms with E-state index in [0.717, 1.165) is 22.2 Å². The largest absolute Gasteiger partial charge is 0.548 e. The molecule has 2 heterocycles. The Morgan fingerprint density at radius 2 is 2.17 bits per heavy atom. The Labute approximate surface area is 113 Å². The Kier molecular flexibility index (Phi) is 3.73. The molecule has 0 spiro atoms. The predicted molar refractivity (Wildman–Crippen MR) is 69.1 cm³/mol. The van der Waals surface area contributed by atoms with Crippen molar-refractivity contribution >= 4 is 46.3 Å². The fourth-order valence-electron chi connectivity index (χ4n) is 1.38. The third kappa shape index (κ3) is 2.74. The Morgan fingerprint density at radius 3 is 2.78 bits per heavy atom. The number of carbonyl (C=O) groups excluding carboxylic acids is 2. The molecule has 0 aliphatic carbocycles. The first-order chi connectivity index (χ1) is 8.58. The van der Waals surface area contributed by atoms with Crippen LogP contribution in [0.5, 0.6) is 0 Å². The summed E-state index contributed by atoms with van der Waals surface area (Å²) in [7, 11) is 0. The lowest BCUT2D eigenvalue weighted by molar-refractivity contribution is -0.305. The van der Waals surface area contributed by atoms with Crippen molar-refractivity contribution in [3.8, 4) is 0 Å². The molecule has 1 amide bonds. The van der Waals surface area contributed by atoms with Crippen molar-refractivity contribution < 1.29 is 14.7 Å². The molecule has 1 aliphatic heterocycles. The summed E-state index contributed by atoms with van der Waals surface area (Å²) >= 11 is 6.03. The van der Waals surface area contributed by atoms with Crippen LogP contribution in [0.25, 0.3) is 6.08 Å². The van der Waals surface area contributed by atoms with Crippen molar-refractivity contribution in [3.63, 3.8) is 0 Å². The predicted octanol–water partition coefficient (Wildman–Crippen LogP) is 0.0327. The van der Waals surface area contributed by atoms with E-state index in [0.29, 0.717) is 4.91 Å². The summed E-state index contributed by atoms with van der Waals surface area (Å²) in [6.07, 6.45) is 4.86. The number of carboxylic acid groups (broad SMARTS) is 1. The number of carboxylic acids is 1. The molecule has 0 unspecified atom stereocenters. The minimum Gasteiger partial charge on any atom is -0.548 e. The summed E-state index contributed by atoms with van der Waals surface area (Å²) in [5.74, 6) is -1.75. The molecular weight excluding hydrogens is 272 g/mol. The van der Waals surface area contributed by atoms with Crippen molar-refractivity contribution in [2.24, 2.45) is 0 Å². The molecule has 5 nitrogen and oxygen atoms in total. The standard InChI is InChI=1S/C11H8N2O3S2/c14-9(15)6-13-10(16)8(18-11(13)17)5-7-1-3-12-4-2-7/h1-5H,6H2,(H,14,15)/p-1. The molecule has 7 heteroatoms. The molecular formula is C11H7N2O3S2-. The van der Waals surface area contributed by atoms with Gasteiger partial charge in [0.15, 0.2) is 0 Å². The highest BCUT2D eigenvalue weighted by molar-refractivity contribution is 8.26. The first-order valence-corrected chi connectivity index (χ1v) is 6.15. The van der Waals surface area contributed by atoms with Crippen LogP contribution < -0.4 is 5.11 Å². The summed E-state index contributed by atoms with van der Waals surface area (Å²) in [6, 6.07) is 3.48. The minimum atomic E-state index is -1.34. The molecule has 1 aromatic heterocycles. The fourth-order valence-corrected chi connectivity index (χ4v) is 2.63. The smallest absolute Gasteiger partial charge is 0.266 e. The number of aromatic nitrogens is 1. The lowest BCUT2D eigenvalue weighted by Crippen LogP contribution is -2.40. The van der Waals surface area contributed by atoms with E-state index in [1.54, 1.807) is 30.6 Å². The van der Waals surface area contributed by atoms with Crippen LogP contribution in [0.3, 0.4) is 0 Å². The number of hydrogen-bond donors (Lipinski definition) is 0. The van der Waals surface area contributed by atoms with Crippen LogP contribution in [-0.2, 0) is 9.59 Å². The Balaban J connectivity index is 2.23. The van der Waals surface area contributed by atoms with Gasteiger partial charge in [-0.05, 0) is 23.8 Å². The summed E-state index contributed by atoms with van der Waals surface area (Å²) in [5, 5.41) is 10.5. The molecule has 0 radical (unpaired) electrons. The third-order valence-corrected chi connectivity index (χ3v) is 3.54. The number of rotatable bonds is 3. The molecule has 92 valence electrons.